The number of hydrogen-bond acceptors (Lipinski definition) is 3. The molecule has 1 aliphatic heterocycles. The third-order valence-electron chi connectivity index (χ3n) is 3.60. The van der Waals surface area contributed by atoms with Crippen LogP contribution in [0.15, 0.2) is 48.7 Å². The fraction of sp³-hybridized carbons (Fsp3) is 0.188. The van der Waals surface area contributed by atoms with E-state index in [2.05, 4.69) is 4.98 Å². The standard InChI is InChI=1S/C16H14N2O3/c19-15-8-12(16(20)21)10-18(15)13-6-7-17-14(9-13)11-4-2-1-3-5-11/h1-7,9,12H,8,10H2,(H,20,21). The molecule has 2 heterocycles. The number of carboxylic acid groups (broad SMARTS) is 1. The van der Waals surface area contributed by atoms with E-state index in [1.807, 2.05) is 36.4 Å². The minimum atomic E-state index is -0.928. The van der Waals surface area contributed by atoms with E-state index < -0.39 is 11.9 Å². The third-order valence-corrected chi connectivity index (χ3v) is 3.60. The van der Waals surface area contributed by atoms with Crippen molar-refractivity contribution in [1.29, 1.82) is 0 Å². The van der Waals surface area contributed by atoms with Gasteiger partial charge in [-0.25, -0.2) is 0 Å². The van der Waals surface area contributed by atoms with Gasteiger partial charge in [0.05, 0.1) is 11.6 Å². The topological polar surface area (TPSA) is 70.5 Å². The van der Waals surface area contributed by atoms with Crippen LogP contribution in [0, 0.1) is 5.92 Å². The molecular weight excluding hydrogens is 268 g/mol. The summed E-state index contributed by atoms with van der Waals surface area (Å²) in [6.45, 7) is 0.215. The van der Waals surface area contributed by atoms with Crippen LogP contribution in [-0.2, 0) is 9.59 Å². The van der Waals surface area contributed by atoms with Crippen molar-refractivity contribution in [2.75, 3.05) is 11.4 Å². The Morgan fingerprint density at radius 3 is 2.67 bits per heavy atom. The smallest absolute Gasteiger partial charge is 0.308 e. The number of anilines is 1. The Kier molecular flexibility index (Phi) is 3.39. The van der Waals surface area contributed by atoms with Crippen LogP contribution in [0.4, 0.5) is 5.69 Å². The maximum Gasteiger partial charge on any atom is 0.308 e. The molecule has 0 radical (unpaired) electrons. The summed E-state index contributed by atoms with van der Waals surface area (Å²) in [4.78, 5) is 28.8. The van der Waals surface area contributed by atoms with E-state index in [0.717, 1.165) is 11.3 Å². The number of carbonyl (C=O) groups excluding carboxylic acids is 1. The summed E-state index contributed by atoms with van der Waals surface area (Å²) in [5, 5.41) is 9.04. The van der Waals surface area contributed by atoms with Crippen molar-refractivity contribution in [3.8, 4) is 11.3 Å². The van der Waals surface area contributed by atoms with Crippen molar-refractivity contribution in [1.82, 2.24) is 4.98 Å². The van der Waals surface area contributed by atoms with Crippen LogP contribution in [0.1, 0.15) is 6.42 Å². The molecule has 3 rings (SSSR count). The van der Waals surface area contributed by atoms with Gasteiger partial charge in [0.25, 0.3) is 0 Å². The van der Waals surface area contributed by atoms with E-state index in [-0.39, 0.29) is 18.9 Å². The minimum absolute atomic E-state index is 0.0539. The van der Waals surface area contributed by atoms with Gasteiger partial charge >= 0.3 is 5.97 Å². The van der Waals surface area contributed by atoms with Crippen LogP contribution in [0.3, 0.4) is 0 Å². The molecule has 1 unspecified atom stereocenters. The first-order valence-electron chi connectivity index (χ1n) is 6.70. The fourth-order valence-corrected chi connectivity index (χ4v) is 2.48. The monoisotopic (exact) mass is 282 g/mol. The summed E-state index contributed by atoms with van der Waals surface area (Å²) in [7, 11) is 0. The second-order valence-electron chi connectivity index (χ2n) is 5.01. The number of carboxylic acids is 1. The van der Waals surface area contributed by atoms with E-state index in [0.29, 0.717) is 5.69 Å². The summed E-state index contributed by atoms with van der Waals surface area (Å²) in [5.41, 5.74) is 2.41. The van der Waals surface area contributed by atoms with Gasteiger partial charge in [0.1, 0.15) is 0 Å². The number of nitrogens with zero attached hydrogens (tertiary/aromatic N) is 2. The number of amides is 1. The van der Waals surface area contributed by atoms with Gasteiger partial charge < -0.3 is 10.0 Å². The van der Waals surface area contributed by atoms with Gasteiger partial charge in [0, 0.05) is 30.4 Å². The molecule has 1 amide bonds. The first kappa shape index (κ1) is 13.3. The maximum atomic E-state index is 12.0. The van der Waals surface area contributed by atoms with Crippen molar-refractivity contribution in [3.63, 3.8) is 0 Å². The lowest BCUT2D eigenvalue weighted by atomic mass is 10.1. The zero-order valence-corrected chi connectivity index (χ0v) is 11.3. The molecule has 1 fully saturated rings. The van der Waals surface area contributed by atoms with Crippen molar-refractivity contribution < 1.29 is 14.7 Å². The number of pyridine rings is 1. The van der Waals surface area contributed by atoms with E-state index in [1.54, 1.807) is 12.3 Å². The van der Waals surface area contributed by atoms with Crippen molar-refractivity contribution in [2.24, 2.45) is 5.92 Å². The zero-order chi connectivity index (χ0) is 14.8. The average Bonchev–Trinajstić information content (AvgIpc) is 2.91. The Balaban J connectivity index is 1.90. The quantitative estimate of drug-likeness (QED) is 0.936. The van der Waals surface area contributed by atoms with Crippen molar-refractivity contribution in [3.05, 3.63) is 48.7 Å². The van der Waals surface area contributed by atoms with E-state index in [1.165, 1.54) is 4.90 Å². The predicted octanol–water partition coefficient (Wildman–Crippen LogP) is 2.19. The number of aliphatic carboxylic acids is 1. The van der Waals surface area contributed by atoms with Gasteiger partial charge in [-0.1, -0.05) is 30.3 Å². The Morgan fingerprint density at radius 2 is 2.00 bits per heavy atom. The lowest BCUT2D eigenvalue weighted by Crippen LogP contribution is -2.25. The molecule has 5 nitrogen and oxygen atoms in total. The van der Waals surface area contributed by atoms with Crippen LogP contribution >= 0.6 is 0 Å². The number of carbonyl (C=O) groups is 2. The number of rotatable bonds is 3. The molecule has 1 aromatic carbocycles. The highest BCUT2D eigenvalue weighted by Gasteiger charge is 2.35. The number of benzene rings is 1. The van der Waals surface area contributed by atoms with Gasteiger partial charge in [-0.3, -0.25) is 14.6 Å². The molecule has 0 spiro atoms. The first-order chi connectivity index (χ1) is 10.1. The zero-order valence-electron chi connectivity index (χ0n) is 11.3. The molecule has 0 aliphatic carbocycles. The summed E-state index contributed by atoms with van der Waals surface area (Å²) in [6, 6.07) is 13.2. The van der Waals surface area contributed by atoms with E-state index in [4.69, 9.17) is 5.11 Å². The van der Waals surface area contributed by atoms with Gasteiger partial charge in [0.15, 0.2) is 0 Å². The van der Waals surface area contributed by atoms with Crippen molar-refractivity contribution in [2.45, 2.75) is 6.42 Å². The molecular formula is C16H14N2O3. The van der Waals surface area contributed by atoms with Crippen molar-refractivity contribution >= 4 is 17.6 Å². The highest BCUT2D eigenvalue weighted by atomic mass is 16.4. The normalized spacial score (nSPS) is 18.0. The van der Waals surface area contributed by atoms with E-state index >= 15 is 0 Å². The first-order valence-corrected chi connectivity index (χ1v) is 6.70. The number of aromatic nitrogens is 1. The average molecular weight is 282 g/mol. The van der Waals surface area contributed by atoms with Crippen LogP contribution in [0.5, 0.6) is 0 Å². The Morgan fingerprint density at radius 1 is 1.24 bits per heavy atom. The van der Waals surface area contributed by atoms with Gasteiger partial charge in [-0.2, -0.15) is 0 Å². The highest BCUT2D eigenvalue weighted by Crippen LogP contribution is 2.28. The Bertz CT molecular complexity index is 685. The second-order valence-corrected chi connectivity index (χ2v) is 5.01. The van der Waals surface area contributed by atoms with E-state index in [9.17, 15) is 9.59 Å². The fourth-order valence-electron chi connectivity index (χ4n) is 2.48. The Labute approximate surface area is 121 Å². The lowest BCUT2D eigenvalue weighted by Gasteiger charge is -2.16. The Hall–Kier alpha value is -2.69. The van der Waals surface area contributed by atoms with Gasteiger partial charge in [0.2, 0.25) is 5.91 Å². The van der Waals surface area contributed by atoms with Crippen LogP contribution in [0.2, 0.25) is 0 Å². The maximum absolute atomic E-state index is 12.0. The molecule has 2 aromatic rings. The summed E-state index contributed by atoms with van der Waals surface area (Å²) in [5.74, 6) is -1.72. The number of hydrogen-bond donors (Lipinski definition) is 1. The molecule has 1 aromatic heterocycles. The predicted molar refractivity (Wildman–Crippen MR) is 77.8 cm³/mol. The molecule has 0 bridgehead atoms. The van der Waals surface area contributed by atoms with Crippen LogP contribution < -0.4 is 4.90 Å². The van der Waals surface area contributed by atoms with Gasteiger partial charge in [-0.05, 0) is 12.1 Å². The SMILES string of the molecule is O=C(O)C1CC(=O)N(c2ccnc(-c3ccccc3)c2)C1. The molecule has 1 atom stereocenters. The summed E-state index contributed by atoms with van der Waals surface area (Å²) >= 11 is 0. The van der Waals surface area contributed by atoms with Crippen LogP contribution in [-0.4, -0.2) is 28.5 Å². The molecule has 1 saturated heterocycles. The second kappa shape index (κ2) is 5.36. The van der Waals surface area contributed by atoms with Crippen LogP contribution in [0.25, 0.3) is 11.3 Å². The molecule has 5 heteroatoms. The molecule has 21 heavy (non-hydrogen) atoms. The largest absolute Gasteiger partial charge is 0.481 e. The molecule has 1 N–H and O–H groups in total. The molecule has 106 valence electrons. The summed E-state index contributed by atoms with van der Waals surface area (Å²) < 4.78 is 0. The lowest BCUT2D eigenvalue weighted by molar-refractivity contribution is -0.141. The third kappa shape index (κ3) is 2.63. The van der Waals surface area contributed by atoms with Gasteiger partial charge in [-0.15, -0.1) is 0 Å². The molecule has 0 saturated carbocycles. The highest BCUT2D eigenvalue weighted by molar-refractivity contribution is 5.99. The minimum Gasteiger partial charge on any atom is -0.481 e. The summed E-state index contributed by atoms with van der Waals surface area (Å²) in [6.07, 6.45) is 1.69. The molecule has 1 aliphatic rings.